The topological polar surface area (TPSA) is 63.6 Å². The first kappa shape index (κ1) is 18.4. The van der Waals surface area contributed by atoms with Crippen molar-refractivity contribution in [3.63, 3.8) is 0 Å². The molecule has 0 unspecified atom stereocenters. The van der Waals surface area contributed by atoms with Crippen molar-refractivity contribution < 1.29 is 19.4 Å². The van der Waals surface area contributed by atoms with E-state index in [2.05, 4.69) is 6.92 Å². The van der Waals surface area contributed by atoms with Crippen LogP contribution in [0.3, 0.4) is 0 Å². The molecule has 0 bridgehead atoms. The molecule has 0 spiro atoms. The SMILES string of the molecule is CCCCC=C(C)C(=O)OCCCCC=C(C)C(=O)O. The molecule has 114 valence electrons. The maximum Gasteiger partial charge on any atom is 0.333 e. The first-order chi connectivity index (χ1) is 9.49. The van der Waals surface area contributed by atoms with Crippen LogP contribution >= 0.6 is 0 Å². The zero-order chi connectivity index (χ0) is 15.4. The lowest BCUT2D eigenvalue weighted by Gasteiger charge is -2.04. The Bertz CT molecular complexity index is 367. The van der Waals surface area contributed by atoms with E-state index in [1.165, 1.54) is 0 Å². The van der Waals surface area contributed by atoms with Gasteiger partial charge in [-0.1, -0.05) is 31.9 Å². The largest absolute Gasteiger partial charge is 0.478 e. The van der Waals surface area contributed by atoms with Crippen LogP contribution in [-0.2, 0) is 14.3 Å². The standard InChI is InChI=1S/C16H26O4/c1-4-5-7-11-14(3)16(19)20-12-9-6-8-10-13(2)15(17)18/h10-11H,4-9,12H2,1-3H3,(H,17,18). The number of carbonyl (C=O) groups is 2. The number of hydrogen-bond donors (Lipinski definition) is 1. The monoisotopic (exact) mass is 282 g/mol. The fraction of sp³-hybridized carbons (Fsp3) is 0.625. The van der Waals surface area contributed by atoms with Crippen LogP contribution in [0.5, 0.6) is 0 Å². The maximum atomic E-state index is 11.6. The van der Waals surface area contributed by atoms with Crippen molar-refractivity contribution in [3.05, 3.63) is 23.3 Å². The van der Waals surface area contributed by atoms with E-state index in [1.807, 2.05) is 6.08 Å². The smallest absolute Gasteiger partial charge is 0.333 e. The summed E-state index contributed by atoms with van der Waals surface area (Å²) < 4.78 is 5.14. The number of carbonyl (C=O) groups excluding carboxylic acids is 1. The van der Waals surface area contributed by atoms with Gasteiger partial charge in [0.25, 0.3) is 0 Å². The van der Waals surface area contributed by atoms with Gasteiger partial charge in [0.15, 0.2) is 0 Å². The molecule has 20 heavy (non-hydrogen) atoms. The number of unbranched alkanes of at least 4 members (excludes halogenated alkanes) is 4. The van der Waals surface area contributed by atoms with Gasteiger partial charge in [0.1, 0.15) is 0 Å². The lowest BCUT2D eigenvalue weighted by Crippen LogP contribution is -2.07. The van der Waals surface area contributed by atoms with Gasteiger partial charge in [-0.2, -0.15) is 0 Å². The van der Waals surface area contributed by atoms with Gasteiger partial charge in [-0.05, 0) is 39.5 Å². The molecule has 0 aromatic carbocycles. The van der Waals surface area contributed by atoms with Gasteiger partial charge in [0.2, 0.25) is 0 Å². The summed E-state index contributed by atoms with van der Waals surface area (Å²) in [6.07, 6.45) is 8.98. The van der Waals surface area contributed by atoms with E-state index in [1.54, 1.807) is 19.9 Å². The van der Waals surface area contributed by atoms with Crippen LogP contribution in [0.1, 0.15) is 59.3 Å². The fourth-order valence-electron chi connectivity index (χ4n) is 1.54. The predicted molar refractivity (Wildman–Crippen MR) is 79.5 cm³/mol. The Balaban J connectivity index is 3.74. The molecular formula is C16H26O4. The van der Waals surface area contributed by atoms with Crippen LogP contribution < -0.4 is 0 Å². The van der Waals surface area contributed by atoms with E-state index in [-0.39, 0.29) is 5.97 Å². The van der Waals surface area contributed by atoms with E-state index in [0.717, 1.165) is 32.1 Å². The van der Waals surface area contributed by atoms with Crippen molar-refractivity contribution in [1.29, 1.82) is 0 Å². The van der Waals surface area contributed by atoms with E-state index in [0.29, 0.717) is 24.2 Å². The molecule has 0 amide bonds. The van der Waals surface area contributed by atoms with E-state index < -0.39 is 5.97 Å². The van der Waals surface area contributed by atoms with E-state index >= 15 is 0 Å². The summed E-state index contributed by atoms with van der Waals surface area (Å²) >= 11 is 0. The lowest BCUT2D eigenvalue weighted by molar-refractivity contribution is -0.139. The molecule has 0 aromatic rings. The van der Waals surface area contributed by atoms with Crippen molar-refractivity contribution in [3.8, 4) is 0 Å². The summed E-state index contributed by atoms with van der Waals surface area (Å²) in [6, 6.07) is 0. The Hall–Kier alpha value is -1.58. The molecule has 4 heteroatoms. The minimum atomic E-state index is -0.885. The first-order valence-corrected chi connectivity index (χ1v) is 7.23. The second kappa shape index (κ2) is 11.3. The quantitative estimate of drug-likeness (QED) is 0.375. The Morgan fingerprint density at radius 2 is 1.60 bits per heavy atom. The molecule has 0 aromatic heterocycles. The molecule has 0 radical (unpaired) electrons. The highest BCUT2D eigenvalue weighted by molar-refractivity contribution is 5.87. The third kappa shape index (κ3) is 9.36. The van der Waals surface area contributed by atoms with Crippen molar-refractivity contribution >= 4 is 11.9 Å². The summed E-state index contributed by atoms with van der Waals surface area (Å²) in [4.78, 5) is 22.1. The zero-order valence-corrected chi connectivity index (χ0v) is 12.8. The Morgan fingerprint density at radius 1 is 1.00 bits per heavy atom. The number of hydrogen-bond acceptors (Lipinski definition) is 3. The minimum Gasteiger partial charge on any atom is -0.478 e. The Labute approximate surface area is 121 Å². The molecule has 1 N–H and O–H groups in total. The highest BCUT2D eigenvalue weighted by Gasteiger charge is 2.04. The Kier molecular flexibility index (Phi) is 10.4. The number of esters is 1. The van der Waals surface area contributed by atoms with E-state index in [4.69, 9.17) is 9.84 Å². The van der Waals surface area contributed by atoms with Gasteiger partial charge >= 0.3 is 11.9 Å². The van der Waals surface area contributed by atoms with Crippen molar-refractivity contribution in [2.75, 3.05) is 6.61 Å². The highest BCUT2D eigenvalue weighted by Crippen LogP contribution is 2.05. The van der Waals surface area contributed by atoms with Crippen molar-refractivity contribution in [2.24, 2.45) is 0 Å². The molecular weight excluding hydrogens is 256 g/mol. The van der Waals surface area contributed by atoms with Crippen LogP contribution in [0.25, 0.3) is 0 Å². The number of aliphatic carboxylic acids is 1. The lowest BCUT2D eigenvalue weighted by atomic mass is 10.2. The summed E-state index contributed by atoms with van der Waals surface area (Å²) in [7, 11) is 0. The van der Waals surface area contributed by atoms with Crippen LogP contribution in [0.2, 0.25) is 0 Å². The number of rotatable bonds is 10. The van der Waals surface area contributed by atoms with Gasteiger partial charge < -0.3 is 9.84 Å². The minimum absolute atomic E-state index is 0.252. The van der Waals surface area contributed by atoms with Gasteiger partial charge in [0, 0.05) is 11.1 Å². The molecule has 0 heterocycles. The van der Waals surface area contributed by atoms with E-state index in [9.17, 15) is 9.59 Å². The number of carboxylic acid groups (broad SMARTS) is 1. The normalized spacial score (nSPS) is 12.3. The molecule has 0 aliphatic rings. The van der Waals surface area contributed by atoms with Gasteiger partial charge in [-0.15, -0.1) is 0 Å². The number of carboxylic acids is 1. The van der Waals surface area contributed by atoms with Crippen LogP contribution in [0.4, 0.5) is 0 Å². The van der Waals surface area contributed by atoms with Crippen LogP contribution in [0, 0.1) is 0 Å². The summed E-state index contributed by atoms with van der Waals surface area (Å²) in [6.45, 7) is 5.85. The average molecular weight is 282 g/mol. The molecule has 0 fully saturated rings. The van der Waals surface area contributed by atoms with Crippen molar-refractivity contribution in [2.45, 2.75) is 59.3 Å². The van der Waals surface area contributed by atoms with Crippen LogP contribution in [0.15, 0.2) is 23.3 Å². The predicted octanol–water partition coefficient (Wildman–Crippen LogP) is 3.87. The average Bonchev–Trinajstić information content (AvgIpc) is 2.41. The Morgan fingerprint density at radius 3 is 2.20 bits per heavy atom. The van der Waals surface area contributed by atoms with Crippen molar-refractivity contribution in [1.82, 2.24) is 0 Å². The summed E-state index contributed by atoms with van der Waals surface area (Å²) in [5.74, 6) is -1.14. The molecule has 0 aliphatic heterocycles. The summed E-state index contributed by atoms with van der Waals surface area (Å²) in [5, 5.41) is 8.66. The zero-order valence-electron chi connectivity index (χ0n) is 12.8. The fourth-order valence-corrected chi connectivity index (χ4v) is 1.54. The highest BCUT2D eigenvalue weighted by atomic mass is 16.5. The molecule has 0 rings (SSSR count). The summed E-state index contributed by atoms with van der Waals surface area (Å²) in [5.41, 5.74) is 1.02. The molecule has 0 atom stereocenters. The van der Waals surface area contributed by atoms with Gasteiger partial charge in [-0.3, -0.25) is 0 Å². The third-order valence-corrected chi connectivity index (χ3v) is 2.95. The van der Waals surface area contributed by atoms with Crippen LogP contribution in [-0.4, -0.2) is 23.7 Å². The second-order valence-corrected chi connectivity index (χ2v) is 4.85. The second-order valence-electron chi connectivity index (χ2n) is 4.85. The number of allylic oxidation sites excluding steroid dienone is 2. The molecule has 0 saturated carbocycles. The van der Waals surface area contributed by atoms with Gasteiger partial charge in [-0.25, -0.2) is 9.59 Å². The first-order valence-electron chi connectivity index (χ1n) is 7.23. The third-order valence-electron chi connectivity index (χ3n) is 2.95. The molecule has 0 saturated heterocycles. The molecule has 4 nitrogen and oxygen atoms in total. The maximum absolute atomic E-state index is 11.6. The van der Waals surface area contributed by atoms with Gasteiger partial charge in [0.05, 0.1) is 6.61 Å². The molecule has 0 aliphatic carbocycles. The number of ether oxygens (including phenoxy) is 1.